The largest absolute Gasteiger partial charge is 0.505 e. The summed E-state index contributed by atoms with van der Waals surface area (Å²) in [5.74, 6) is -1.46. The average Bonchev–Trinajstić information content (AvgIpc) is 3.23. The van der Waals surface area contributed by atoms with Crippen molar-refractivity contribution in [2.75, 3.05) is 27.2 Å². The van der Waals surface area contributed by atoms with E-state index < -0.39 is 17.7 Å². The molecule has 1 atom stereocenters. The minimum Gasteiger partial charge on any atom is -0.505 e. The highest BCUT2D eigenvalue weighted by atomic mass is 16.3. The van der Waals surface area contributed by atoms with Gasteiger partial charge in [0.2, 0.25) is 0 Å². The first kappa shape index (κ1) is 21.7. The van der Waals surface area contributed by atoms with Gasteiger partial charge in [-0.05, 0) is 31.5 Å². The number of hydrogen-bond donors (Lipinski definition) is 2. The Hall–Kier alpha value is -3.52. The zero-order valence-electron chi connectivity index (χ0n) is 18.8. The summed E-state index contributed by atoms with van der Waals surface area (Å²) in [5.41, 5.74) is 3.53. The molecule has 0 bridgehead atoms. The van der Waals surface area contributed by atoms with Gasteiger partial charge in [0, 0.05) is 30.8 Å². The molecular weight excluding hydrogens is 406 g/mol. The number of pyridine rings is 2. The number of amides is 1. The number of imidazole rings is 1. The van der Waals surface area contributed by atoms with Crippen molar-refractivity contribution in [1.29, 1.82) is 0 Å². The quantitative estimate of drug-likeness (QED) is 0.339. The summed E-state index contributed by atoms with van der Waals surface area (Å²) in [4.78, 5) is 36.7. The van der Waals surface area contributed by atoms with Crippen molar-refractivity contribution in [3.8, 4) is 0 Å². The number of nitrogens with zero attached hydrogens (tertiary/aromatic N) is 3. The van der Waals surface area contributed by atoms with Crippen molar-refractivity contribution in [3.05, 3.63) is 70.9 Å². The molecule has 1 aliphatic rings. The molecule has 0 radical (unpaired) electrons. The Morgan fingerprint density at radius 3 is 2.69 bits per heavy atom. The second-order valence-electron chi connectivity index (χ2n) is 8.57. The Bertz CT molecular complexity index is 1210. The van der Waals surface area contributed by atoms with Gasteiger partial charge in [-0.2, -0.15) is 0 Å². The highest BCUT2D eigenvalue weighted by molar-refractivity contribution is 6.46. The van der Waals surface area contributed by atoms with Gasteiger partial charge >= 0.3 is 0 Å². The summed E-state index contributed by atoms with van der Waals surface area (Å²) < 4.78 is 1.77. The summed E-state index contributed by atoms with van der Waals surface area (Å²) in [6.07, 6.45) is 6.08. The third-order valence-corrected chi connectivity index (χ3v) is 5.91. The fourth-order valence-corrected chi connectivity index (χ4v) is 4.37. The van der Waals surface area contributed by atoms with Crippen LogP contribution in [0.1, 0.15) is 35.0 Å². The predicted octanol–water partition coefficient (Wildman–Crippen LogP) is 0.722. The molecule has 8 heteroatoms. The van der Waals surface area contributed by atoms with Crippen molar-refractivity contribution in [2.45, 2.75) is 26.3 Å². The van der Waals surface area contributed by atoms with Crippen LogP contribution in [-0.2, 0) is 9.59 Å². The van der Waals surface area contributed by atoms with Gasteiger partial charge in [-0.1, -0.05) is 6.07 Å². The van der Waals surface area contributed by atoms with Crippen LogP contribution >= 0.6 is 0 Å². The Morgan fingerprint density at radius 1 is 1.22 bits per heavy atom. The Balaban J connectivity index is 1.88. The second kappa shape index (κ2) is 8.55. The third kappa shape index (κ3) is 3.67. The van der Waals surface area contributed by atoms with Crippen LogP contribution in [0.3, 0.4) is 0 Å². The van der Waals surface area contributed by atoms with E-state index in [2.05, 4.69) is 9.97 Å². The van der Waals surface area contributed by atoms with E-state index in [-0.39, 0.29) is 11.3 Å². The summed E-state index contributed by atoms with van der Waals surface area (Å²) in [6, 6.07) is 6.82. The van der Waals surface area contributed by atoms with Crippen molar-refractivity contribution >= 4 is 23.1 Å². The number of rotatable bonds is 6. The van der Waals surface area contributed by atoms with Crippen molar-refractivity contribution in [3.63, 3.8) is 0 Å². The molecule has 1 amide bonds. The van der Waals surface area contributed by atoms with Gasteiger partial charge in [-0.3, -0.25) is 14.0 Å². The molecule has 4 heterocycles. The molecule has 32 heavy (non-hydrogen) atoms. The molecule has 1 unspecified atom stereocenters. The standard InChI is InChI=1S/C24H27N5O3/c1-15-8-6-12-28-19(16(2)26-23(15)28)21(30)18-20(17-9-5-10-25-14-17)29(24(32)22(18)31)13-7-11-27(3)4/h5-6,8-10,12,14,20,30H,7,11,13H2,1-4H3/p+2. The lowest BCUT2D eigenvalue weighted by Crippen LogP contribution is -3.05. The van der Waals surface area contributed by atoms with Crippen LogP contribution in [0.15, 0.2) is 48.4 Å². The van der Waals surface area contributed by atoms with Gasteiger partial charge in [0.15, 0.2) is 18.2 Å². The molecule has 0 saturated carbocycles. The lowest BCUT2D eigenvalue weighted by Gasteiger charge is -2.24. The van der Waals surface area contributed by atoms with Crippen LogP contribution in [0.25, 0.3) is 11.4 Å². The average molecular weight is 436 g/mol. The maximum Gasteiger partial charge on any atom is 0.295 e. The fraction of sp³-hybridized carbons (Fsp3) is 0.333. The Labute approximate surface area is 186 Å². The van der Waals surface area contributed by atoms with Gasteiger partial charge in [-0.25, -0.2) is 9.97 Å². The van der Waals surface area contributed by atoms with Crippen LogP contribution in [-0.4, -0.2) is 58.3 Å². The predicted molar refractivity (Wildman–Crippen MR) is 119 cm³/mol. The molecule has 166 valence electrons. The van der Waals surface area contributed by atoms with Crippen LogP contribution in [0.2, 0.25) is 0 Å². The number of aliphatic hydroxyl groups is 1. The number of carbonyl (C=O) groups excluding carboxylic acids is 2. The number of H-pyrrole nitrogens is 1. The molecule has 0 spiro atoms. The van der Waals surface area contributed by atoms with Gasteiger partial charge in [0.05, 0.1) is 37.9 Å². The molecule has 0 aromatic carbocycles. The first-order valence-corrected chi connectivity index (χ1v) is 10.8. The van der Waals surface area contributed by atoms with E-state index in [4.69, 9.17) is 0 Å². The topological polar surface area (TPSA) is 93.5 Å². The number of quaternary nitrogens is 1. The van der Waals surface area contributed by atoms with E-state index in [0.717, 1.165) is 24.1 Å². The van der Waals surface area contributed by atoms with Crippen LogP contribution in [0.4, 0.5) is 0 Å². The van der Waals surface area contributed by atoms with Crippen molar-refractivity contribution < 1.29 is 24.6 Å². The SMILES string of the molecule is Cc1nc2c(C)cccn2c1C(O)=C1C(=O)C(=O)N(CCC[NH+](C)C)C1c1ccc[nH+]c1. The number of carbonyl (C=O) groups is 2. The van der Waals surface area contributed by atoms with E-state index in [1.807, 2.05) is 45.3 Å². The molecule has 0 aliphatic carbocycles. The van der Waals surface area contributed by atoms with Crippen LogP contribution in [0, 0.1) is 13.8 Å². The smallest absolute Gasteiger partial charge is 0.295 e. The number of nitrogens with one attached hydrogen (secondary N) is 2. The van der Waals surface area contributed by atoms with Gasteiger partial charge in [-0.15, -0.1) is 0 Å². The summed E-state index contributed by atoms with van der Waals surface area (Å²) in [7, 11) is 4.10. The van der Waals surface area contributed by atoms with Crippen molar-refractivity contribution in [2.24, 2.45) is 0 Å². The maximum atomic E-state index is 13.2. The number of fused-ring (bicyclic) bond motifs is 1. The zero-order valence-corrected chi connectivity index (χ0v) is 18.8. The summed E-state index contributed by atoms with van der Waals surface area (Å²) >= 11 is 0. The minimum atomic E-state index is -0.671. The molecule has 8 nitrogen and oxygen atoms in total. The number of aliphatic hydroxyl groups excluding tert-OH is 1. The van der Waals surface area contributed by atoms with E-state index >= 15 is 0 Å². The maximum absolute atomic E-state index is 13.2. The van der Waals surface area contributed by atoms with E-state index in [1.54, 1.807) is 34.8 Å². The first-order valence-electron chi connectivity index (χ1n) is 10.8. The summed E-state index contributed by atoms with van der Waals surface area (Å²) in [6.45, 7) is 5.03. The first-order chi connectivity index (χ1) is 15.3. The number of aromatic nitrogens is 3. The number of aryl methyl sites for hydroxylation is 2. The number of Topliss-reactive ketones (excluding diaryl/α,β-unsaturated/α-hetero) is 1. The molecule has 1 saturated heterocycles. The van der Waals surface area contributed by atoms with Gasteiger partial charge < -0.3 is 14.9 Å². The molecular formula is C24H29N5O3+2. The normalized spacial score (nSPS) is 18.3. The number of ketones is 1. The van der Waals surface area contributed by atoms with E-state index in [9.17, 15) is 14.7 Å². The molecule has 1 fully saturated rings. The molecule has 4 rings (SSSR count). The van der Waals surface area contributed by atoms with Gasteiger partial charge in [0.25, 0.3) is 11.7 Å². The van der Waals surface area contributed by atoms with Crippen LogP contribution < -0.4 is 9.88 Å². The molecule has 1 aliphatic heterocycles. The monoisotopic (exact) mass is 435 g/mol. The zero-order chi connectivity index (χ0) is 23.0. The molecule has 3 aromatic heterocycles. The summed E-state index contributed by atoms with van der Waals surface area (Å²) in [5, 5.41) is 11.4. The number of hydrogen-bond acceptors (Lipinski definition) is 4. The highest BCUT2D eigenvalue weighted by Gasteiger charge is 2.47. The molecule has 3 N–H and O–H groups in total. The lowest BCUT2D eigenvalue weighted by atomic mass is 9.97. The number of likely N-dealkylation sites (tertiary alicyclic amines) is 1. The highest BCUT2D eigenvalue weighted by Crippen LogP contribution is 2.39. The Morgan fingerprint density at radius 2 is 2.00 bits per heavy atom. The molecule has 3 aromatic rings. The minimum absolute atomic E-state index is 0.0956. The van der Waals surface area contributed by atoms with Gasteiger partial charge in [0.1, 0.15) is 11.3 Å². The fourth-order valence-electron chi connectivity index (χ4n) is 4.37. The third-order valence-electron chi connectivity index (χ3n) is 5.91. The lowest BCUT2D eigenvalue weighted by molar-refractivity contribution is -0.858. The van der Waals surface area contributed by atoms with Crippen LogP contribution in [0.5, 0.6) is 0 Å². The second-order valence-corrected chi connectivity index (χ2v) is 8.57. The van der Waals surface area contributed by atoms with E-state index in [1.165, 1.54) is 4.90 Å². The van der Waals surface area contributed by atoms with Crippen molar-refractivity contribution in [1.82, 2.24) is 14.3 Å². The Kier molecular flexibility index (Phi) is 5.80. The van der Waals surface area contributed by atoms with E-state index in [0.29, 0.717) is 23.6 Å². The number of aromatic amines is 1.